The summed E-state index contributed by atoms with van der Waals surface area (Å²) < 4.78 is 0. The van der Waals surface area contributed by atoms with E-state index in [1.54, 1.807) is 34.1 Å². The molecule has 0 spiro atoms. The zero-order valence-corrected chi connectivity index (χ0v) is 14.8. The van der Waals surface area contributed by atoms with E-state index in [0.29, 0.717) is 42.9 Å². The molecule has 26 heavy (non-hydrogen) atoms. The van der Waals surface area contributed by atoms with Crippen LogP contribution in [0.4, 0.5) is 0 Å². The molecule has 0 bridgehead atoms. The number of amides is 2. The highest BCUT2D eigenvalue weighted by atomic mass is 16.2. The first kappa shape index (κ1) is 17.7. The fourth-order valence-electron chi connectivity index (χ4n) is 3.05. The Hall–Kier alpha value is -3.13. The van der Waals surface area contributed by atoms with E-state index < -0.39 is 0 Å². The first-order valence-corrected chi connectivity index (χ1v) is 8.80. The van der Waals surface area contributed by atoms with Gasteiger partial charge in [-0.2, -0.15) is 5.26 Å². The van der Waals surface area contributed by atoms with Gasteiger partial charge in [0.15, 0.2) is 0 Å². The number of nitrogens with zero attached hydrogens (tertiary/aromatic N) is 3. The standard InChI is InChI=1S/C21H21N3O2/c1-2-16-3-7-18(8-4-16)20(25)23-11-13-24(14-12-23)21(26)19-9-5-17(15-22)6-10-19/h3-10H,2,11-14H2,1H3. The molecule has 0 saturated carbocycles. The topological polar surface area (TPSA) is 64.4 Å². The Labute approximate surface area is 153 Å². The second-order valence-electron chi connectivity index (χ2n) is 6.32. The van der Waals surface area contributed by atoms with E-state index in [0.717, 1.165) is 6.42 Å². The van der Waals surface area contributed by atoms with Crippen molar-refractivity contribution in [2.45, 2.75) is 13.3 Å². The van der Waals surface area contributed by atoms with E-state index in [4.69, 9.17) is 5.26 Å². The Morgan fingerprint density at radius 1 is 0.846 bits per heavy atom. The highest BCUT2D eigenvalue weighted by molar-refractivity contribution is 5.96. The Morgan fingerprint density at radius 3 is 1.65 bits per heavy atom. The van der Waals surface area contributed by atoms with E-state index >= 15 is 0 Å². The van der Waals surface area contributed by atoms with Crippen LogP contribution in [-0.2, 0) is 6.42 Å². The molecular weight excluding hydrogens is 326 g/mol. The minimum absolute atomic E-state index is 0.0122. The lowest BCUT2D eigenvalue weighted by atomic mass is 10.1. The Kier molecular flexibility index (Phi) is 5.33. The minimum Gasteiger partial charge on any atom is -0.335 e. The van der Waals surface area contributed by atoms with Gasteiger partial charge in [-0.25, -0.2) is 0 Å². The summed E-state index contributed by atoms with van der Waals surface area (Å²) in [7, 11) is 0. The number of carbonyl (C=O) groups excluding carboxylic acids is 2. The summed E-state index contributed by atoms with van der Waals surface area (Å²) in [4.78, 5) is 28.7. The van der Waals surface area contributed by atoms with Crippen molar-refractivity contribution in [2.24, 2.45) is 0 Å². The molecule has 0 aromatic heterocycles. The number of nitriles is 1. The maximum atomic E-state index is 12.6. The quantitative estimate of drug-likeness (QED) is 0.857. The van der Waals surface area contributed by atoms with Gasteiger partial charge in [0.05, 0.1) is 11.6 Å². The van der Waals surface area contributed by atoms with Crippen LogP contribution in [0.15, 0.2) is 48.5 Å². The van der Waals surface area contributed by atoms with Crippen molar-refractivity contribution in [3.8, 4) is 6.07 Å². The third-order valence-corrected chi connectivity index (χ3v) is 4.72. The SMILES string of the molecule is CCc1ccc(C(=O)N2CCN(C(=O)c3ccc(C#N)cc3)CC2)cc1. The highest BCUT2D eigenvalue weighted by Gasteiger charge is 2.25. The first-order valence-electron chi connectivity index (χ1n) is 8.80. The van der Waals surface area contributed by atoms with Gasteiger partial charge in [-0.3, -0.25) is 9.59 Å². The van der Waals surface area contributed by atoms with Crippen molar-refractivity contribution in [1.29, 1.82) is 5.26 Å². The van der Waals surface area contributed by atoms with Crippen LogP contribution in [0, 0.1) is 11.3 Å². The number of benzene rings is 2. The molecule has 0 N–H and O–H groups in total. The molecule has 0 unspecified atom stereocenters. The van der Waals surface area contributed by atoms with E-state index in [-0.39, 0.29) is 11.8 Å². The van der Waals surface area contributed by atoms with Gasteiger partial charge in [-0.05, 0) is 48.4 Å². The third-order valence-electron chi connectivity index (χ3n) is 4.72. The van der Waals surface area contributed by atoms with Crippen LogP contribution in [0.2, 0.25) is 0 Å². The zero-order chi connectivity index (χ0) is 18.5. The van der Waals surface area contributed by atoms with Crippen molar-refractivity contribution < 1.29 is 9.59 Å². The molecule has 1 saturated heterocycles. The summed E-state index contributed by atoms with van der Waals surface area (Å²) in [6, 6.07) is 16.4. The van der Waals surface area contributed by atoms with Gasteiger partial charge < -0.3 is 9.80 Å². The summed E-state index contributed by atoms with van der Waals surface area (Å²) in [5, 5.41) is 8.84. The van der Waals surface area contributed by atoms with Crippen molar-refractivity contribution in [1.82, 2.24) is 9.80 Å². The third kappa shape index (κ3) is 3.75. The molecule has 1 aliphatic rings. The van der Waals surface area contributed by atoms with Crippen LogP contribution in [-0.4, -0.2) is 47.8 Å². The monoisotopic (exact) mass is 347 g/mol. The largest absolute Gasteiger partial charge is 0.335 e. The normalized spacial score (nSPS) is 14.0. The fourth-order valence-corrected chi connectivity index (χ4v) is 3.05. The second kappa shape index (κ2) is 7.83. The predicted octanol–water partition coefficient (Wildman–Crippen LogP) is 2.72. The van der Waals surface area contributed by atoms with E-state index in [1.165, 1.54) is 5.56 Å². The lowest BCUT2D eigenvalue weighted by molar-refractivity contribution is 0.0535. The minimum atomic E-state index is -0.0612. The number of aryl methyl sites for hydroxylation is 1. The van der Waals surface area contributed by atoms with Gasteiger partial charge in [-0.15, -0.1) is 0 Å². The van der Waals surface area contributed by atoms with Crippen molar-refractivity contribution >= 4 is 11.8 Å². The molecule has 2 aromatic carbocycles. The lowest BCUT2D eigenvalue weighted by Gasteiger charge is -2.35. The van der Waals surface area contributed by atoms with Crippen LogP contribution in [0.3, 0.4) is 0 Å². The van der Waals surface area contributed by atoms with Crippen LogP contribution < -0.4 is 0 Å². The summed E-state index contributed by atoms with van der Waals surface area (Å²) >= 11 is 0. The van der Waals surface area contributed by atoms with Crippen LogP contribution in [0.25, 0.3) is 0 Å². The summed E-state index contributed by atoms with van der Waals surface area (Å²) in [6.45, 7) is 4.16. The van der Waals surface area contributed by atoms with Gasteiger partial charge in [0, 0.05) is 37.3 Å². The predicted molar refractivity (Wildman–Crippen MR) is 98.8 cm³/mol. The Morgan fingerprint density at radius 2 is 1.27 bits per heavy atom. The molecule has 2 aromatic rings. The second-order valence-corrected chi connectivity index (χ2v) is 6.32. The van der Waals surface area contributed by atoms with E-state index in [1.807, 2.05) is 30.3 Å². The molecule has 0 aliphatic carbocycles. The van der Waals surface area contributed by atoms with Gasteiger partial charge >= 0.3 is 0 Å². The number of hydrogen-bond donors (Lipinski definition) is 0. The smallest absolute Gasteiger partial charge is 0.253 e. The molecule has 0 atom stereocenters. The number of carbonyl (C=O) groups is 2. The molecule has 1 fully saturated rings. The van der Waals surface area contributed by atoms with Crippen LogP contribution in [0.5, 0.6) is 0 Å². The molecule has 2 amide bonds. The lowest BCUT2D eigenvalue weighted by Crippen LogP contribution is -2.50. The van der Waals surface area contributed by atoms with Crippen molar-refractivity contribution in [3.05, 3.63) is 70.8 Å². The molecule has 5 nitrogen and oxygen atoms in total. The maximum absolute atomic E-state index is 12.6. The summed E-state index contributed by atoms with van der Waals surface area (Å²) in [5.74, 6) is -0.0491. The maximum Gasteiger partial charge on any atom is 0.253 e. The molecule has 3 rings (SSSR count). The molecule has 132 valence electrons. The summed E-state index contributed by atoms with van der Waals surface area (Å²) in [6.07, 6.45) is 0.949. The van der Waals surface area contributed by atoms with Crippen LogP contribution in [0.1, 0.15) is 38.8 Å². The van der Waals surface area contributed by atoms with Gasteiger partial charge in [-0.1, -0.05) is 19.1 Å². The average Bonchev–Trinajstić information content (AvgIpc) is 2.73. The van der Waals surface area contributed by atoms with Crippen LogP contribution >= 0.6 is 0 Å². The fraction of sp³-hybridized carbons (Fsp3) is 0.286. The Balaban J connectivity index is 1.60. The van der Waals surface area contributed by atoms with E-state index in [9.17, 15) is 9.59 Å². The molecule has 1 heterocycles. The first-order chi connectivity index (χ1) is 12.6. The van der Waals surface area contributed by atoms with E-state index in [2.05, 4.69) is 6.92 Å². The number of piperazine rings is 1. The van der Waals surface area contributed by atoms with Crippen molar-refractivity contribution in [3.63, 3.8) is 0 Å². The zero-order valence-electron chi connectivity index (χ0n) is 14.8. The molecule has 1 aliphatic heterocycles. The molecule has 5 heteroatoms. The van der Waals surface area contributed by atoms with Gasteiger partial charge in [0.1, 0.15) is 0 Å². The molecular formula is C21H21N3O2. The number of rotatable bonds is 3. The van der Waals surface area contributed by atoms with Gasteiger partial charge in [0.25, 0.3) is 11.8 Å². The summed E-state index contributed by atoms with van der Waals surface area (Å²) in [5.41, 5.74) is 3.00. The Bertz CT molecular complexity index is 827. The van der Waals surface area contributed by atoms with Crippen molar-refractivity contribution in [2.75, 3.05) is 26.2 Å². The highest BCUT2D eigenvalue weighted by Crippen LogP contribution is 2.13. The molecule has 0 radical (unpaired) electrons. The van der Waals surface area contributed by atoms with Gasteiger partial charge in [0.2, 0.25) is 0 Å². The average molecular weight is 347 g/mol. The number of hydrogen-bond acceptors (Lipinski definition) is 3.